The van der Waals surface area contributed by atoms with Crippen LogP contribution in [0.5, 0.6) is 17.2 Å². The lowest BCUT2D eigenvalue weighted by molar-refractivity contribution is 0.373. The van der Waals surface area contributed by atoms with E-state index in [1.807, 2.05) is 0 Å². The number of hydrazone groups is 1. The summed E-state index contributed by atoms with van der Waals surface area (Å²) < 4.78 is 10.0. The van der Waals surface area contributed by atoms with Gasteiger partial charge in [0.05, 0.1) is 36.2 Å². The summed E-state index contributed by atoms with van der Waals surface area (Å²) in [4.78, 5) is 0. The van der Waals surface area contributed by atoms with Crippen molar-refractivity contribution < 1.29 is 14.6 Å². The van der Waals surface area contributed by atoms with Crippen molar-refractivity contribution >= 4 is 35.1 Å². The normalized spacial score (nSPS) is 10.7. The highest BCUT2D eigenvalue weighted by Gasteiger charge is 2.09. The molecule has 0 aliphatic heterocycles. The number of methoxy groups -OCH3 is 2. The van der Waals surface area contributed by atoms with Gasteiger partial charge in [-0.05, 0) is 30.3 Å². The summed E-state index contributed by atoms with van der Waals surface area (Å²) in [6.07, 6.45) is 1.49. The maximum absolute atomic E-state index is 9.82. The molecule has 0 unspecified atom stereocenters. The molecule has 0 aliphatic carbocycles. The number of anilines is 1. The van der Waals surface area contributed by atoms with Gasteiger partial charge in [0.25, 0.3) is 0 Å². The Morgan fingerprint density at radius 3 is 2.41 bits per heavy atom. The molecule has 0 saturated heterocycles. The molecule has 0 radical (unpaired) electrons. The van der Waals surface area contributed by atoms with Crippen molar-refractivity contribution in [3.8, 4) is 17.2 Å². The Hall–Kier alpha value is -2.11. The Morgan fingerprint density at radius 1 is 1.09 bits per heavy atom. The van der Waals surface area contributed by atoms with Crippen molar-refractivity contribution in [3.05, 3.63) is 45.9 Å². The van der Waals surface area contributed by atoms with E-state index < -0.39 is 0 Å². The number of phenols is 1. The minimum atomic E-state index is -0.124. The first-order valence-electron chi connectivity index (χ1n) is 6.25. The fraction of sp³-hybridized carbons (Fsp3) is 0.133. The van der Waals surface area contributed by atoms with Crippen molar-refractivity contribution in [2.75, 3.05) is 19.6 Å². The lowest BCUT2D eigenvalue weighted by Crippen LogP contribution is -1.93. The van der Waals surface area contributed by atoms with Gasteiger partial charge in [0.1, 0.15) is 5.75 Å². The van der Waals surface area contributed by atoms with Gasteiger partial charge in [-0.25, -0.2) is 0 Å². The Kier molecular flexibility index (Phi) is 5.35. The first-order chi connectivity index (χ1) is 10.6. The Labute approximate surface area is 138 Å². The minimum Gasteiger partial charge on any atom is -0.503 e. The van der Waals surface area contributed by atoms with Gasteiger partial charge in [0, 0.05) is 5.56 Å². The molecule has 2 rings (SSSR count). The van der Waals surface area contributed by atoms with Gasteiger partial charge in [-0.2, -0.15) is 5.10 Å². The van der Waals surface area contributed by atoms with Crippen LogP contribution >= 0.6 is 23.2 Å². The van der Waals surface area contributed by atoms with Crippen LogP contribution in [-0.4, -0.2) is 25.5 Å². The van der Waals surface area contributed by atoms with E-state index in [-0.39, 0.29) is 10.8 Å². The number of hydrogen-bond donors (Lipinski definition) is 2. The summed E-state index contributed by atoms with van der Waals surface area (Å²) in [6.45, 7) is 0. The molecule has 0 atom stereocenters. The minimum absolute atomic E-state index is 0.124. The van der Waals surface area contributed by atoms with Crippen LogP contribution in [0.2, 0.25) is 10.0 Å². The third-order valence-corrected chi connectivity index (χ3v) is 3.57. The van der Waals surface area contributed by atoms with Crippen LogP contribution in [0.15, 0.2) is 35.4 Å². The van der Waals surface area contributed by atoms with E-state index >= 15 is 0 Å². The Morgan fingerprint density at radius 2 is 1.77 bits per heavy atom. The third kappa shape index (κ3) is 3.55. The van der Waals surface area contributed by atoms with Crippen LogP contribution in [-0.2, 0) is 0 Å². The monoisotopic (exact) mass is 340 g/mol. The number of aromatic hydroxyl groups is 1. The molecule has 2 N–H and O–H groups in total. The van der Waals surface area contributed by atoms with Gasteiger partial charge >= 0.3 is 0 Å². The molecule has 0 bridgehead atoms. The largest absolute Gasteiger partial charge is 0.503 e. The van der Waals surface area contributed by atoms with Gasteiger partial charge in [-0.3, -0.25) is 5.43 Å². The SMILES string of the molecule is COc1ccc(N/N=C/c2ccc(OC)c(O)c2Cl)cc1Cl. The highest BCUT2D eigenvalue weighted by Crippen LogP contribution is 2.35. The second-order valence-electron chi connectivity index (χ2n) is 4.24. The molecule has 0 amide bonds. The Balaban J connectivity index is 2.13. The highest BCUT2D eigenvalue weighted by atomic mass is 35.5. The molecule has 116 valence electrons. The highest BCUT2D eigenvalue weighted by molar-refractivity contribution is 6.34. The summed E-state index contributed by atoms with van der Waals surface area (Å²) in [7, 11) is 3.00. The van der Waals surface area contributed by atoms with E-state index in [4.69, 9.17) is 32.7 Å². The lowest BCUT2D eigenvalue weighted by atomic mass is 10.2. The number of rotatable bonds is 5. The summed E-state index contributed by atoms with van der Waals surface area (Å²) in [6, 6.07) is 8.48. The number of nitrogens with zero attached hydrogens (tertiary/aromatic N) is 1. The average molecular weight is 341 g/mol. The number of nitrogens with one attached hydrogen (secondary N) is 1. The number of phenolic OH excluding ortho intramolecular Hbond substituents is 1. The van der Waals surface area contributed by atoms with E-state index in [2.05, 4.69) is 10.5 Å². The molecule has 2 aromatic rings. The predicted octanol–water partition coefficient (Wildman–Crippen LogP) is 4.16. The average Bonchev–Trinajstić information content (AvgIpc) is 2.52. The third-order valence-electron chi connectivity index (χ3n) is 2.88. The van der Waals surface area contributed by atoms with E-state index in [9.17, 15) is 5.11 Å². The first-order valence-corrected chi connectivity index (χ1v) is 7.00. The molecular weight excluding hydrogens is 327 g/mol. The van der Waals surface area contributed by atoms with Crippen molar-refractivity contribution in [1.82, 2.24) is 0 Å². The standard InChI is InChI=1S/C15H14Cl2N2O3/c1-21-12-6-4-10(7-11(12)16)19-18-8-9-3-5-13(22-2)15(20)14(9)17/h3-8,19-20H,1-2H3/b18-8+. The van der Waals surface area contributed by atoms with Crippen molar-refractivity contribution in [2.45, 2.75) is 0 Å². The summed E-state index contributed by atoms with van der Waals surface area (Å²) in [5.74, 6) is 0.761. The number of benzene rings is 2. The van der Waals surface area contributed by atoms with Gasteiger partial charge in [0.2, 0.25) is 0 Å². The van der Waals surface area contributed by atoms with E-state index in [0.717, 1.165) is 0 Å². The lowest BCUT2D eigenvalue weighted by Gasteiger charge is -2.07. The van der Waals surface area contributed by atoms with E-state index in [0.29, 0.717) is 27.8 Å². The van der Waals surface area contributed by atoms with Crippen LogP contribution < -0.4 is 14.9 Å². The molecule has 0 fully saturated rings. The van der Waals surface area contributed by atoms with Gasteiger partial charge in [-0.1, -0.05) is 23.2 Å². The zero-order valence-electron chi connectivity index (χ0n) is 11.9. The molecular formula is C15H14Cl2N2O3. The molecule has 0 heterocycles. The van der Waals surface area contributed by atoms with E-state index in [1.165, 1.54) is 13.3 Å². The second kappa shape index (κ2) is 7.24. The zero-order chi connectivity index (χ0) is 16.1. The van der Waals surface area contributed by atoms with Gasteiger partial charge < -0.3 is 14.6 Å². The summed E-state index contributed by atoms with van der Waals surface area (Å²) in [5.41, 5.74) is 4.06. The Bertz CT molecular complexity index is 705. The van der Waals surface area contributed by atoms with Crippen molar-refractivity contribution in [3.63, 3.8) is 0 Å². The fourth-order valence-electron chi connectivity index (χ4n) is 1.74. The van der Waals surface area contributed by atoms with Crippen LogP contribution in [0, 0.1) is 0 Å². The number of halogens is 2. The first kappa shape index (κ1) is 16.3. The molecule has 0 spiro atoms. The van der Waals surface area contributed by atoms with Crippen molar-refractivity contribution in [2.24, 2.45) is 5.10 Å². The smallest absolute Gasteiger partial charge is 0.177 e. The molecule has 5 nitrogen and oxygen atoms in total. The second-order valence-corrected chi connectivity index (χ2v) is 5.02. The fourth-order valence-corrected chi connectivity index (χ4v) is 2.20. The molecule has 0 aromatic heterocycles. The van der Waals surface area contributed by atoms with Crippen LogP contribution in [0.4, 0.5) is 5.69 Å². The predicted molar refractivity (Wildman–Crippen MR) is 88.9 cm³/mol. The number of ether oxygens (including phenoxy) is 2. The van der Waals surface area contributed by atoms with Crippen LogP contribution in [0.1, 0.15) is 5.56 Å². The van der Waals surface area contributed by atoms with Gasteiger partial charge in [0.15, 0.2) is 11.5 Å². The summed E-state index contributed by atoms with van der Waals surface area (Å²) in [5, 5.41) is 14.5. The maximum Gasteiger partial charge on any atom is 0.177 e. The molecule has 7 heteroatoms. The molecule has 0 saturated carbocycles. The quantitative estimate of drug-likeness (QED) is 0.633. The molecule has 2 aromatic carbocycles. The molecule has 22 heavy (non-hydrogen) atoms. The summed E-state index contributed by atoms with van der Waals surface area (Å²) >= 11 is 12.1. The topological polar surface area (TPSA) is 63.1 Å². The van der Waals surface area contributed by atoms with E-state index in [1.54, 1.807) is 37.4 Å². The van der Waals surface area contributed by atoms with Crippen LogP contribution in [0.3, 0.4) is 0 Å². The number of hydrogen-bond acceptors (Lipinski definition) is 5. The van der Waals surface area contributed by atoms with Gasteiger partial charge in [-0.15, -0.1) is 0 Å². The maximum atomic E-state index is 9.82. The molecule has 0 aliphatic rings. The van der Waals surface area contributed by atoms with Crippen LogP contribution in [0.25, 0.3) is 0 Å². The zero-order valence-corrected chi connectivity index (χ0v) is 13.4. The van der Waals surface area contributed by atoms with Crippen molar-refractivity contribution in [1.29, 1.82) is 0 Å².